The smallest absolute Gasteiger partial charge is 0.180 e. The Hall–Kier alpha value is -2.22. The summed E-state index contributed by atoms with van der Waals surface area (Å²) in [5.74, 6) is 0.397. The van der Waals surface area contributed by atoms with Gasteiger partial charge in [-0.25, -0.2) is 9.97 Å². The minimum absolute atomic E-state index is 0.142. The minimum Gasteiger partial charge on any atom is -0.505 e. The van der Waals surface area contributed by atoms with E-state index in [4.69, 9.17) is 35.4 Å². The Morgan fingerprint density at radius 3 is 2.60 bits per heavy atom. The summed E-state index contributed by atoms with van der Waals surface area (Å²) < 4.78 is 0. The lowest BCUT2D eigenvalue weighted by molar-refractivity contribution is 0.476. The molecule has 0 unspecified atom stereocenters. The van der Waals surface area contributed by atoms with Crippen LogP contribution >= 0.6 is 35.4 Å². The third kappa shape index (κ3) is 3.89. The van der Waals surface area contributed by atoms with E-state index in [-0.39, 0.29) is 15.8 Å². The van der Waals surface area contributed by atoms with E-state index < -0.39 is 0 Å². The van der Waals surface area contributed by atoms with E-state index in [1.54, 1.807) is 30.5 Å². The molecule has 3 N–H and O–H groups in total. The zero-order chi connectivity index (χ0) is 18.0. The summed E-state index contributed by atoms with van der Waals surface area (Å²) in [5, 5.41) is 16.4. The van der Waals surface area contributed by atoms with Crippen molar-refractivity contribution in [3.05, 3.63) is 40.5 Å². The van der Waals surface area contributed by atoms with E-state index in [9.17, 15) is 5.11 Å². The molecule has 3 rings (SSSR count). The number of thiocarbonyl (C=S) groups is 1. The summed E-state index contributed by atoms with van der Waals surface area (Å²) in [6, 6.07) is 6.71. The normalized spacial score (nSPS) is 10.7. The summed E-state index contributed by atoms with van der Waals surface area (Å²) in [4.78, 5) is 13.3. The maximum atomic E-state index is 9.67. The molecular weight excluding hydrogens is 381 g/mol. The molecule has 3 aromatic rings. The number of nitrogens with one attached hydrogen (secondary N) is 2. The first-order valence-corrected chi connectivity index (χ1v) is 8.51. The third-order valence-electron chi connectivity index (χ3n) is 3.30. The standard InChI is InChI=1S/C16H13Cl2N5OS/c1-2-19-16(25)23-13-4-3-11-15(22-13)21-12(7-20-11)8-5-9(17)14(24)10(18)6-8/h3-7,24H,2H2,1H3,(H2,19,21,22,23,25). The molecule has 0 radical (unpaired) electrons. The largest absolute Gasteiger partial charge is 0.505 e. The van der Waals surface area contributed by atoms with Gasteiger partial charge in [-0.3, -0.25) is 4.98 Å². The molecule has 9 heteroatoms. The molecule has 25 heavy (non-hydrogen) atoms. The first-order chi connectivity index (χ1) is 12.0. The maximum absolute atomic E-state index is 9.67. The van der Waals surface area contributed by atoms with Crippen LogP contribution in [0.3, 0.4) is 0 Å². The van der Waals surface area contributed by atoms with Crippen molar-refractivity contribution in [3.8, 4) is 17.0 Å². The van der Waals surface area contributed by atoms with Crippen LogP contribution in [0.5, 0.6) is 5.75 Å². The Morgan fingerprint density at radius 2 is 1.92 bits per heavy atom. The second kappa shape index (κ2) is 7.35. The highest BCUT2D eigenvalue weighted by Gasteiger charge is 2.11. The Labute approximate surface area is 159 Å². The van der Waals surface area contributed by atoms with Gasteiger partial charge in [0.1, 0.15) is 11.3 Å². The Kier molecular flexibility index (Phi) is 5.17. The molecule has 0 aliphatic rings. The first kappa shape index (κ1) is 17.6. The molecule has 128 valence electrons. The van der Waals surface area contributed by atoms with E-state index >= 15 is 0 Å². The molecule has 0 amide bonds. The fraction of sp³-hybridized carbons (Fsp3) is 0.125. The van der Waals surface area contributed by atoms with Gasteiger partial charge in [-0.15, -0.1) is 0 Å². The van der Waals surface area contributed by atoms with Gasteiger partial charge in [0, 0.05) is 12.1 Å². The Balaban J connectivity index is 1.99. The van der Waals surface area contributed by atoms with Crippen molar-refractivity contribution >= 4 is 57.5 Å². The van der Waals surface area contributed by atoms with Gasteiger partial charge in [0.05, 0.1) is 21.9 Å². The van der Waals surface area contributed by atoms with Gasteiger partial charge in [0.2, 0.25) is 0 Å². The van der Waals surface area contributed by atoms with Crippen LogP contribution in [0.1, 0.15) is 6.92 Å². The van der Waals surface area contributed by atoms with E-state index in [0.29, 0.717) is 39.9 Å². The van der Waals surface area contributed by atoms with E-state index in [2.05, 4.69) is 25.6 Å². The van der Waals surface area contributed by atoms with Crippen LogP contribution in [0.15, 0.2) is 30.5 Å². The lowest BCUT2D eigenvalue weighted by Crippen LogP contribution is -2.28. The van der Waals surface area contributed by atoms with Gasteiger partial charge < -0.3 is 15.7 Å². The summed E-state index contributed by atoms with van der Waals surface area (Å²) >= 11 is 17.1. The molecular formula is C16H13Cl2N5OS. The van der Waals surface area contributed by atoms with Crippen molar-refractivity contribution in [2.24, 2.45) is 0 Å². The molecule has 0 aliphatic heterocycles. The van der Waals surface area contributed by atoms with E-state index in [0.717, 1.165) is 0 Å². The number of benzene rings is 1. The zero-order valence-corrected chi connectivity index (χ0v) is 15.4. The first-order valence-electron chi connectivity index (χ1n) is 7.35. The van der Waals surface area contributed by atoms with Gasteiger partial charge in [0.15, 0.2) is 16.5 Å². The SMILES string of the molecule is CCNC(=S)Nc1ccc2ncc(-c3cc(Cl)c(O)c(Cl)c3)nc2n1. The quantitative estimate of drug-likeness (QED) is 0.579. The Morgan fingerprint density at radius 1 is 1.20 bits per heavy atom. The number of hydrogen-bond donors (Lipinski definition) is 3. The van der Waals surface area contributed by atoms with Crippen molar-refractivity contribution in [2.75, 3.05) is 11.9 Å². The van der Waals surface area contributed by atoms with Crippen molar-refractivity contribution < 1.29 is 5.11 Å². The average molecular weight is 394 g/mol. The van der Waals surface area contributed by atoms with Gasteiger partial charge in [0.25, 0.3) is 0 Å². The summed E-state index contributed by atoms with van der Waals surface area (Å²) in [6.45, 7) is 2.67. The van der Waals surface area contributed by atoms with Crippen LogP contribution in [-0.4, -0.2) is 31.7 Å². The highest BCUT2D eigenvalue weighted by molar-refractivity contribution is 7.80. The molecule has 2 heterocycles. The number of phenolic OH excluding ortho intramolecular Hbond substituents is 1. The average Bonchev–Trinajstić information content (AvgIpc) is 2.58. The van der Waals surface area contributed by atoms with Crippen LogP contribution in [0.2, 0.25) is 10.0 Å². The number of phenols is 1. The molecule has 6 nitrogen and oxygen atoms in total. The fourth-order valence-electron chi connectivity index (χ4n) is 2.14. The molecule has 2 aromatic heterocycles. The predicted molar refractivity (Wildman–Crippen MR) is 104 cm³/mol. The lowest BCUT2D eigenvalue weighted by atomic mass is 10.1. The second-order valence-corrected chi connectivity index (χ2v) is 6.29. The number of halogens is 2. The molecule has 0 spiro atoms. The monoisotopic (exact) mass is 393 g/mol. The number of hydrogen-bond acceptors (Lipinski definition) is 5. The van der Waals surface area contributed by atoms with Crippen molar-refractivity contribution in [2.45, 2.75) is 6.92 Å². The molecule has 0 aliphatic carbocycles. The van der Waals surface area contributed by atoms with Crippen LogP contribution in [0, 0.1) is 0 Å². The van der Waals surface area contributed by atoms with Crippen molar-refractivity contribution in [1.29, 1.82) is 0 Å². The highest BCUT2D eigenvalue weighted by Crippen LogP contribution is 2.35. The summed E-state index contributed by atoms with van der Waals surface area (Å²) in [6.07, 6.45) is 1.60. The number of pyridine rings is 1. The topological polar surface area (TPSA) is 83.0 Å². The number of aromatic nitrogens is 3. The summed E-state index contributed by atoms with van der Waals surface area (Å²) in [7, 11) is 0. The van der Waals surface area contributed by atoms with Crippen molar-refractivity contribution in [3.63, 3.8) is 0 Å². The highest BCUT2D eigenvalue weighted by atomic mass is 35.5. The van der Waals surface area contributed by atoms with Crippen molar-refractivity contribution in [1.82, 2.24) is 20.3 Å². The Bertz CT molecular complexity index is 943. The number of aromatic hydroxyl groups is 1. The maximum Gasteiger partial charge on any atom is 0.180 e. The van der Waals surface area contributed by atoms with Gasteiger partial charge >= 0.3 is 0 Å². The van der Waals surface area contributed by atoms with Crippen LogP contribution in [0.25, 0.3) is 22.4 Å². The number of anilines is 1. The number of fused-ring (bicyclic) bond motifs is 1. The lowest BCUT2D eigenvalue weighted by Gasteiger charge is -2.09. The zero-order valence-electron chi connectivity index (χ0n) is 13.0. The van der Waals surface area contributed by atoms with E-state index in [1.165, 1.54) is 0 Å². The fourth-order valence-corrected chi connectivity index (χ4v) is 2.88. The third-order valence-corrected chi connectivity index (χ3v) is 4.12. The van der Waals surface area contributed by atoms with Gasteiger partial charge in [-0.05, 0) is 43.4 Å². The van der Waals surface area contributed by atoms with E-state index in [1.807, 2.05) is 6.92 Å². The molecule has 1 aromatic carbocycles. The van der Waals surface area contributed by atoms with Gasteiger partial charge in [-0.1, -0.05) is 23.2 Å². The molecule has 0 bridgehead atoms. The second-order valence-electron chi connectivity index (χ2n) is 5.07. The molecule has 0 saturated carbocycles. The van der Waals surface area contributed by atoms with Crippen LogP contribution < -0.4 is 10.6 Å². The molecule has 0 saturated heterocycles. The molecule has 0 atom stereocenters. The summed E-state index contributed by atoms with van der Waals surface area (Å²) in [5.41, 5.74) is 2.25. The number of rotatable bonds is 3. The number of nitrogens with zero attached hydrogens (tertiary/aromatic N) is 3. The van der Waals surface area contributed by atoms with Crippen LogP contribution in [0.4, 0.5) is 5.82 Å². The minimum atomic E-state index is -0.164. The van der Waals surface area contributed by atoms with Crippen LogP contribution in [-0.2, 0) is 0 Å². The van der Waals surface area contributed by atoms with Gasteiger partial charge in [-0.2, -0.15) is 0 Å². The molecule has 0 fully saturated rings. The predicted octanol–water partition coefficient (Wildman–Crippen LogP) is 4.01.